The average Bonchev–Trinajstić information content (AvgIpc) is 2.50. The van der Waals surface area contributed by atoms with E-state index in [1.54, 1.807) is 0 Å². The standard InChI is InChI=1S/C6H11N3O2/c1-2-5-8-9-6(11-5)4(10)3-7/h4,10H,2-3,7H2,1H3/t4-/m0/s1. The fourth-order valence-electron chi connectivity index (χ4n) is 0.645. The molecule has 11 heavy (non-hydrogen) atoms. The summed E-state index contributed by atoms with van der Waals surface area (Å²) in [6, 6.07) is 0. The monoisotopic (exact) mass is 157 g/mol. The van der Waals surface area contributed by atoms with Crippen molar-refractivity contribution >= 4 is 0 Å². The lowest BCUT2D eigenvalue weighted by Gasteiger charge is -1.98. The van der Waals surface area contributed by atoms with E-state index in [-0.39, 0.29) is 12.4 Å². The highest BCUT2D eigenvalue weighted by Gasteiger charge is 2.12. The van der Waals surface area contributed by atoms with Crippen molar-refractivity contribution in [3.05, 3.63) is 11.8 Å². The molecule has 0 aliphatic carbocycles. The van der Waals surface area contributed by atoms with E-state index in [1.807, 2.05) is 6.92 Å². The zero-order chi connectivity index (χ0) is 8.27. The molecule has 0 unspecified atom stereocenters. The lowest BCUT2D eigenvalue weighted by atomic mass is 10.4. The number of rotatable bonds is 3. The van der Waals surface area contributed by atoms with Crippen molar-refractivity contribution in [2.45, 2.75) is 19.4 Å². The molecule has 1 atom stereocenters. The first kappa shape index (κ1) is 8.16. The molecule has 0 aromatic carbocycles. The molecule has 1 aromatic rings. The number of hydrogen-bond donors (Lipinski definition) is 2. The van der Waals surface area contributed by atoms with Gasteiger partial charge in [0.1, 0.15) is 6.10 Å². The Kier molecular flexibility index (Phi) is 2.56. The fourth-order valence-corrected chi connectivity index (χ4v) is 0.645. The van der Waals surface area contributed by atoms with Gasteiger partial charge >= 0.3 is 0 Å². The van der Waals surface area contributed by atoms with Gasteiger partial charge in [-0.3, -0.25) is 0 Å². The van der Waals surface area contributed by atoms with Crippen molar-refractivity contribution in [2.75, 3.05) is 6.54 Å². The lowest BCUT2D eigenvalue weighted by molar-refractivity contribution is 0.150. The van der Waals surface area contributed by atoms with Crippen molar-refractivity contribution in [1.82, 2.24) is 10.2 Å². The second kappa shape index (κ2) is 3.45. The molecule has 0 bridgehead atoms. The van der Waals surface area contributed by atoms with E-state index in [1.165, 1.54) is 0 Å². The lowest BCUT2D eigenvalue weighted by Crippen LogP contribution is -2.11. The van der Waals surface area contributed by atoms with Crippen LogP contribution in [0.2, 0.25) is 0 Å². The Balaban J connectivity index is 2.71. The van der Waals surface area contributed by atoms with Crippen LogP contribution in [0.15, 0.2) is 4.42 Å². The van der Waals surface area contributed by atoms with Crippen molar-refractivity contribution in [3.63, 3.8) is 0 Å². The van der Waals surface area contributed by atoms with Gasteiger partial charge in [-0.1, -0.05) is 6.92 Å². The van der Waals surface area contributed by atoms with Crippen LogP contribution in [0.4, 0.5) is 0 Å². The van der Waals surface area contributed by atoms with Gasteiger partial charge in [-0.15, -0.1) is 10.2 Å². The molecule has 0 saturated carbocycles. The van der Waals surface area contributed by atoms with E-state index in [0.29, 0.717) is 12.3 Å². The first-order valence-electron chi connectivity index (χ1n) is 3.48. The van der Waals surface area contributed by atoms with Crippen LogP contribution >= 0.6 is 0 Å². The predicted octanol–water partition coefficient (Wildman–Crippen LogP) is -0.376. The van der Waals surface area contributed by atoms with Crippen molar-refractivity contribution in [3.8, 4) is 0 Å². The Morgan fingerprint density at radius 1 is 1.64 bits per heavy atom. The SMILES string of the molecule is CCc1nnc([C@@H](O)CN)o1. The number of aromatic nitrogens is 2. The van der Waals surface area contributed by atoms with Crippen LogP contribution in [-0.2, 0) is 6.42 Å². The molecule has 0 aliphatic rings. The Morgan fingerprint density at radius 3 is 2.82 bits per heavy atom. The number of nitrogens with zero attached hydrogens (tertiary/aromatic N) is 2. The Bertz CT molecular complexity index is 223. The quantitative estimate of drug-likeness (QED) is 0.625. The summed E-state index contributed by atoms with van der Waals surface area (Å²) in [4.78, 5) is 0. The highest BCUT2D eigenvalue weighted by molar-refractivity contribution is 4.85. The van der Waals surface area contributed by atoms with Crippen LogP contribution in [0.3, 0.4) is 0 Å². The molecular formula is C6H11N3O2. The highest BCUT2D eigenvalue weighted by Crippen LogP contribution is 2.08. The molecule has 0 fully saturated rings. The summed E-state index contributed by atoms with van der Waals surface area (Å²) < 4.78 is 5.03. The maximum atomic E-state index is 9.12. The molecule has 0 spiro atoms. The van der Waals surface area contributed by atoms with Crippen molar-refractivity contribution in [2.24, 2.45) is 5.73 Å². The van der Waals surface area contributed by atoms with Gasteiger partial charge in [0.2, 0.25) is 11.8 Å². The zero-order valence-electron chi connectivity index (χ0n) is 6.32. The molecule has 0 amide bonds. The number of nitrogens with two attached hydrogens (primary N) is 1. The molecule has 5 heteroatoms. The van der Waals surface area contributed by atoms with Crippen LogP contribution in [0.25, 0.3) is 0 Å². The Labute approximate surface area is 64.2 Å². The summed E-state index contributed by atoms with van der Waals surface area (Å²) in [6.07, 6.45) is -0.160. The van der Waals surface area contributed by atoms with Crippen LogP contribution < -0.4 is 5.73 Å². The molecule has 62 valence electrons. The molecule has 1 aromatic heterocycles. The van der Waals surface area contributed by atoms with Gasteiger partial charge in [0.15, 0.2) is 0 Å². The third-order valence-corrected chi connectivity index (χ3v) is 1.29. The number of aryl methyl sites for hydroxylation is 1. The number of hydrogen-bond acceptors (Lipinski definition) is 5. The summed E-state index contributed by atoms with van der Waals surface area (Å²) in [5.41, 5.74) is 5.18. The summed E-state index contributed by atoms with van der Waals surface area (Å²) in [6.45, 7) is 2.00. The van der Waals surface area contributed by atoms with Gasteiger partial charge in [0.05, 0.1) is 0 Å². The van der Waals surface area contributed by atoms with Gasteiger partial charge in [-0.25, -0.2) is 0 Å². The van der Waals surface area contributed by atoms with Gasteiger partial charge in [0.25, 0.3) is 0 Å². The Hall–Kier alpha value is -0.940. The predicted molar refractivity (Wildman–Crippen MR) is 37.7 cm³/mol. The average molecular weight is 157 g/mol. The second-order valence-electron chi connectivity index (χ2n) is 2.14. The molecule has 0 saturated heterocycles. The Morgan fingerprint density at radius 2 is 2.36 bits per heavy atom. The topological polar surface area (TPSA) is 85.2 Å². The molecule has 0 aliphatic heterocycles. The summed E-state index contributed by atoms with van der Waals surface area (Å²) in [5.74, 6) is 0.719. The molecule has 5 nitrogen and oxygen atoms in total. The van der Waals surface area contributed by atoms with E-state index < -0.39 is 6.10 Å². The maximum Gasteiger partial charge on any atom is 0.246 e. The zero-order valence-corrected chi connectivity index (χ0v) is 6.32. The van der Waals surface area contributed by atoms with E-state index in [4.69, 9.17) is 15.3 Å². The van der Waals surface area contributed by atoms with Crippen LogP contribution in [0.5, 0.6) is 0 Å². The number of aliphatic hydroxyl groups excluding tert-OH is 1. The van der Waals surface area contributed by atoms with Crippen LogP contribution in [-0.4, -0.2) is 21.8 Å². The van der Waals surface area contributed by atoms with Crippen molar-refractivity contribution < 1.29 is 9.52 Å². The second-order valence-corrected chi connectivity index (χ2v) is 2.14. The van der Waals surface area contributed by atoms with E-state index in [0.717, 1.165) is 0 Å². The minimum absolute atomic E-state index is 0.103. The summed E-state index contributed by atoms with van der Waals surface area (Å²) in [7, 11) is 0. The smallest absolute Gasteiger partial charge is 0.246 e. The molecule has 1 rings (SSSR count). The third kappa shape index (κ3) is 1.75. The first-order chi connectivity index (χ1) is 5.27. The molecule has 1 heterocycles. The minimum Gasteiger partial charge on any atom is -0.422 e. The van der Waals surface area contributed by atoms with Gasteiger partial charge in [-0.2, -0.15) is 0 Å². The van der Waals surface area contributed by atoms with Gasteiger partial charge in [0, 0.05) is 13.0 Å². The van der Waals surface area contributed by atoms with Crippen molar-refractivity contribution in [1.29, 1.82) is 0 Å². The summed E-state index contributed by atoms with van der Waals surface area (Å²) >= 11 is 0. The molecule has 3 N–H and O–H groups in total. The third-order valence-electron chi connectivity index (χ3n) is 1.29. The highest BCUT2D eigenvalue weighted by atomic mass is 16.4. The van der Waals surface area contributed by atoms with Crippen LogP contribution in [0.1, 0.15) is 24.8 Å². The normalized spacial score (nSPS) is 13.4. The fraction of sp³-hybridized carbons (Fsp3) is 0.667. The maximum absolute atomic E-state index is 9.12. The largest absolute Gasteiger partial charge is 0.422 e. The number of aliphatic hydroxyl groups is 1. The van der Waals surface area contributed by atoms with Crippen LogP contribution in [0, 0.1) is 0 Å². The van der Waals surface area contributed by atoms with E-state index in [9.17, 15) is 0 Å². The first-order valence-corrected chi connectivity index (χ1v) is 3.48. The molecular weight excluding hydrogens is 146 g/mol. The van der Waals surface area contributed by atoms with Gasteiger partial charge in [-0.05, 0) is 0 Å². The minimum atomic E-state index is -0.831. The van der Waals surface area contributed by atoms with Gasteiger partial charge < -0.3 is 15.3 Å². The molecule has 0 radical (unpaired) electrons. The van der Waals surface area contributed by atoms with E-state index >= 15 is 0 Å². The summed E-state index contributed by atoms with van der Waals surface area (Å²) in [5, 5.41) is 16.4. The van der Waals surface area contributed by atoms with E-state index in [2.05, 4.69) is 10.2 Å².